The van der Waals surface area contributed by atoms with E-state index >= 15 is 0 Å². The molecule has 0 aliphatic carbocycles. The summed E-state index contributed by atoms with van der Waals surface area (Å²) in [5.74, 6) is 0.321. The number of piperazine rings is 1. The van der Waals surface area contributed by atoms with E-state index in [2.05, 4.69) is 41.4 Å². The van der Waals surface area contributed by atoms with Crippen LogP contribution in [0.15, 0.2) is 24.3 Å². The minimum atomic E-state index is -0.0114. The molecule has 3 amide bonds. The molecule has 2 aliphatic heterocycles. The maximum absolute atomic E-state index is 12.9. The summed E-state index contributed by atoms with van der Waals surface area (Å²) >= 11 is 0. The molecular weight excluding hydrogens is 340 g/mol. The Morgan fingerprint density at radius 2 is 1.67 bits per heavy atom. The molecule has 2 saturated heterocycles. The Morgan fingerprint density at radius 1 is 1.00 bits per heavy atom. The van der Waals surface area contributed by atoms with Crippen molar-refractivity contribution >= 4 is 17.6 Å². The molecule has 0 bridgehead atoms. The first-order chi connectivity index (χ1) is 12.9. The van der Waals surface area contributed by atoms with Gasteiger partial charge in [0.15, 0.2) is 0 Å². The molecule has 1 aromatic carbocycles. The van der Waals surface area contributed by atoms with Crippen LogP contribution in [0.2, 0.25) is 0 Å². The lowest BCUT2D eigenvalue weighted by Gasteiger charge is -2.39. The summed E-state index contributed by atoms with van der Waals surface area (Å²) in [7, 11) is 0. The summed E-state index contributed by atoms with van der Waals surface area (Å²) < 4.78 is 0. The van der Waals surface area contributed by atoms with Crippen molar-refractivity contribution in [2.75, 3.05) is 44.2 Å². The highest BCUT2D eigenvalue weighted by Crippen LogP contribution is 2.22. The van der Waals surface area contributed by atoms with E-state index < -0.39 is 0 Å². The van der Waals surface area contributed by atoms with Crippen LogP contribution in [0, 0.1) is 12.8 Å². The predicted molar refractivity (Wildman–Crippen MR) is 108 cm³/mol. The lowest BCUT2D eigenvalue weighted by Crippen LogP contribution is -2.53. The topological polar surface area (TPSA) is 55.9 Å². The molecule has 6 heteroatoms. The van der Waals surface area contributed by atoms with Gasteiger partial charge in [0, 0.05) is 56.9 Å². The number of amides is 3. The fraction of sp³-hybridized carbons (Fsp3) is 0.619. The maximum atomic E-state index is 12.9. The van der Waals surface area contributed by atoms with Gasteiger partial charge < -0.3 is 20.0 Å². The molecular formula is C21H32N4O2. The zero-order valence-electron chi connectivity index (χ0n) is 16.8. The zero-order chi connectivity index (χ0) is 19.4. The van der Waals surface area contributed by atoms with Crippen molar-refractivity contribution in [1.29, 1.82) is 0 Å². The molecule has 0 atom stereocenters. The van der Waals surface area contributed by atoms with Crippen molar-refractivity contribution in [2.24, 2.45) is 5.92 Å². The molecule has 0 radical (unpaired) electrons. The van der Waals surface area contributed by atoms with Crippen molar-refractivity contribution in [1.82, 2.24) is 15.1 Å². The number of hydrogen-bond donors (Lipinski definition) is 1. The van der Waals surface area contributed by atoms with Crippen molar-refractivity contribution in [3.8, 4) is 0 Å². The Hall–Kier alpha value is -2.24. The number of benzene rings is 1. The zero-order valence-corrected chi connectivity index (χ0v) is 16.8. The third kappa shape index (κ3) is 4.93. The largest absolute Gasteiger partial charge is 0.368 e. The molecule has 2 fully saturated rings. The smallest absolute Gasteiger partial charge is 0.317 e. The molecule has 148 valence electrons. The molecule has 0 spiro atoms. The van der Waals surface area contributed by atoms with Gasteiger partial charge in [-0.25, -0.2) is 4.79 Å². The Labute approximate surface area is 162 Å². The van der Waals surface area contributed by atoms with Crippen molar-refractivity contribution in [3.63, 3.8) is 0 Å². The first-order valence-corrected chi connectivity index (χ1v) is 10.1. The number of nitrogens with one attached hydrogen (secondary N) is 1. The molecule has 0 unspecified atom stereocenters. The molecule has 1 N–H and O–H groups in total. The quantitative estimate of drug-likeness (QED) is 0.887. The second kappa shape index (κ2) is 8.63. The number of carbonyl (C=O) groups is 2. The maximum Gasteiger partial charge on any atom is 0.317 e. The average Bonchev–Trinajstić information content (AvgIpc) is 2.67. The van der Waals surface area contributed by atoms with E-state index in [0.717, 1.165) is 39.0 Å². The van der Waals surface area contributed by atoms with Crippen LogP contribution in [0.3, 0.4) is 0 Å². The van der Waals surface area contributed by atoms with E-state index in [0.29, 0.717) is 13.1 Å². The number of carbonyl (C=O) groups excluding carboxylic acids is 2. The normalized spacial score (nSPS) is 18.7. The van der Waals surface area contributed by atoms with Gasteiger partial charge in [0.2, 0.25) is 5.91 Å². The Balaban J connectivity index is 1.47. The Kier molecular flexibility index (Phi) is 6.24. The number of nitrogens with zero attached hydrogens (tertiary/aromatic N) is 3. The Morgan fingerprint density at radius 3 is 2.26 bits per heavy atom. The molecule has 2 aliphatic rings. The molecule has 0 aromatic heterocycles. The molecule has 0 saturated carbocycles. The van der Waals surface area contributed by atoms with E-state index in [1.165, 1.54) is 11.3 Å². The van der Waals surface area contributed by atoms with Crippen LogP contribution in [0.1, 0.15) is 32.3 Å². The van der Waals surface area contributed by atoms with Crippen LogP contribution >= 0.6 is 0 Å². The van der Waals surface area contributed by atoms with Crippen LogP contribution in [-0.4, -0.2) is 67.0 Å². The van der Waals surface area contributed by atoms with Crippen LogP contribution in [0.4, 0.5) is 10.5 Å². The third-order valence-corrected chi connectivity index (χ3v) is 5.50. The Bertz CT molecular complexity index is 660. The summed E-state index contributed by atoms with van der Waals surface area (Å²) in [6.45, 7) is 10.7. The van der Waals surface area contributed by atoms with E-state index in [1.54, 1.807) is 0 Å². The SMILES string of the molecule is Cc1cccc(N2CCN(C(=O)C3CCN(C(=O)NC(C)C)CC3)CC2)c1. The number of aryl methyl sites for hydroxylation is 1. The first-order valence-electron chi connectivity index (χ1n) is 10.1. The van der Waals surface area contributed by atoms with Crippen LogP contribution in [0.25, 0.3) is 0 Å². The van der Waals surface area contributed by atoms with Gasteiger partial charge in [-0.3, -0.25) is 4.79 Å². The minimum Gasteiger partial charge on any atom is -0.368 e. The first kappa shape index (κ1) is 19.5. The fourth-order valence-corrected chi connectivity index (χ4v) is 3.94. The van der Waals surface area contributed by atoms with Gasteiger partial charge in [0.05, 0.1) is 0 Å². The van der Waals surface area contributed by atoms with Crippen LogP contribution in [-0.2, 0) is 4.79 Å². The van der Waals surface area contributed by atoms with Crippen molar-refractivity contribution in [3.05, 3.63) is 29.8 Å². The monoisotopic (exact) mass is 372 g/mol. The standard InChI is InChI=1S/C21H32N4O2/c1-16(2)22-21(27)25-9-7-18(8-10-25)20(26)24-13-11-23(12-14-24)19-6-4-5-17(3)15-19/h4-6,15-16,18H,7-14H2,1-3H3,(H,22,27). The summed E-state index contributed by atoms with van der Waals surface area (Å²) in [5, 5.41) is 2.93. The summed E-state index contributed by atoms with van der Waals surface area (Å²) in [5.41, 5.74) is 2.51. The lowest BCUT2D eigenvalue weighted by molar-refractivity contribution is -0.137. The van der Waals surface area contributed by atoms with Gasteiger partial charge >= 0.3 is 6.03 Å². The fourth-order valence-electron chi connectivity index (χ4n) is 3.94. The van der Waals surface area contributed by atoms with E-state index in [1.807, 2.05) is 23.6 Å². The van der Waals surface area contributed by atoms with Crippen molar-refractivity contribution < 1.29 is 9.59 Å². The number of rotatable bonds is 3. The average molecular weight is 373 g/mol. The molecule has 1 aromatic rings. The van der Waals surface area contributed by atoms with Gasteiger partial charge in [-0.2, -0.15) is 0 Å². The highest BCUT2D eigenvalue weighted by molar-refractivity contribution is 5.80. The summed E-state index contributed by atoms with van der Waals surface area (Å²) in [6.07, 6.45) is 1.53. The second-order valence-electron chi connectivity index (χ2n) is 8.02. The van der Waals surface area contributed by atoms with Gasteiger partial charge in [0.1, 0.15) is 0 Å². The number of hydrogen-bond acceptors (Lipinski definition) is 3. The number of anilines is 1. The van der Waals surface area contributed by atoms with Gasteiger partial charge in [-0.1, -0.05) is 12.1 Å². The molecule has 6 nitrogen and oxygen atoms in total. The lowest BCUT2D eigenvalue weighted by atomic mass is 9.95. The second-order valence-corrected chi connectivity index (χ2v) is 8.02. The van der Waals surface area contributed by atoms with E-state index in [-0.39, 0.29) is 23.9 Å². The van der Waals surface area contributed by atoms with Gasteiger partial charge in [0.25, 0.3) is 0 Å². The molecule has 27 heavy (non-hydrogen) atoms. The van der Waals surface area contributed by atoms with Crippen LogP contribution < -0.4 is 10.2 Å². The highest BCUT2D eigenvalue weighted by Gasteiger charge is 2.31. The summed E-state index contributed by atoms with van der Waals surface area (Å²) in [4.78, 5) is 31.2. The van der Waals surface area contributed by atoms with Gasteiger partial charge in [-0.15, -0.1) is 0 Å². The van der Waals surface area contributed by atoms with E-state index in [9.17, 15) is 9.59 Å². The number of urea groups is 1. The minimum absolute atomic E-state index is 0.0114. The number of piperidine rings is 1. The van der Waals surface area contributed by atoms with Gasteiger partial charge in [-0.05, 0) is 51.3 Å². The van der Waals surface area contributed by atoms with Crippen LogP contribution in [0.5, 0.6) is 0 Å². The third-order valence-electron chi connectivity index (χ3n) is 5.50. The highest BCUT2D eigenvalue weighted by atomic mass is 16.2. The molecule has 2 heterocycles. The summed E-state index contributed by atoms with van der Waals surface area (Å²) in [6, 6.07) is 8.67. The van der Waals surface area contributed by atoms with Crippen molar-refractivity contribution in [2.45, 2.75) is 39.7 Å². The van der Waals surface area contributed by atoms with E-state index in [4.69, 9.17) is 0 Å². The number of likely N-dealkylation sites (tertiary alicyclic amines) is 1. The predicted octanol–water partition coefficient (Wildman–Crippen LogP) is 2.47. The molecule has 3 rings (SSSR count).